The first-order valence-electron chi connectivity index (χ1n) is 6.84. The molecule has 2 amide bonds. The number of benzene rings is 1. The normalized spacial score (nSPS) is 19.1. The number of ether oxygens (including phenoxy) is 1. The second kappa shape index (κ2) is 6.37. The zero-order chi connectivity index (χ0) is 14.5. The lowest BCUT2D eigenvalue weighted by Gasteiger charge is -2.20. The summed E-state index contributed by atoms with van der Waals surface area (Å²) >= 11 is 0. The fourth-order valence-electron chi connectivity index (χ4n) is 2.33. The van der Waals surface area contributed by atoms with E-state index in [1.807, 2.05) is 43.3 Å². The summed E-state index contributed by atoms with van der Waals surface area (Å²) in [6, 6.07) is 9.58. The van der Waals surface area contributed by atoms with Gasteiger partial charge in [0.1, 0.15) is 6.61 Å². The van der Waals surface area contributed by atoms with E-state index < -0.39 is 6.09 Å². The molecule has 20 heavy (non-hydrogen) atoms. The number of imide groups is 1. The van der Waals surface area contributed by atoms with Gasteiger partial charge in [-0.05, 0) is 25.3 Å². The Labute approximate surface area is 119 Å². The van der Waals surface area contributed by atoms with Gasteiger partial charge < -0.3 is 4.74 Å². The van der Waals surface area contributed by atoms with Crippen LogP contribution in [0.4, 0.5) is 4.79 Å². The molecule has 4 heteroatoms. The molecule has 0 bridgehead atoms. The molecule has 2 rings (SSSR count). The first-order valence-corrected chi connectivity index (χ1v) is 6.84. The SMILES string of the molecule is CCC=C(C)C(=O)N1C(=O)OC[C@H]1Cc1ccccc1. The number of amides is 2. The van der Waals surface area contributed by atoms with Crippen molar-refractivity contribution >= 4 is 12.0 Å². The van der Waals surface area contributed by atoms with E-state index in [1.54, 1.807) is 6.92 Å². The average Bonchev–Trinajstić information content (AvgIpc) is 2.80. The second-order valence-electron chi connectivity index (χ2n) is 4.89. The Bertz CT molecular complexity index is 522. The third-order valence-electron chi connectivity index (χ3n) is 3.34. The van der Waals surface area contributed by atoms with Crippen LogP contribution in [0, 0.1) is 0 Å². The molecule has 1 saturated heterocycles. The van der Waals surface area contributed by atoms with Crippen molar-refractivity contribution in [3.05, 3.63) is 47.5 Å². The number of carbonyl (C=O) groups excluding carboxylic acids is 2. The highest BCUT2D eigenvalue weighted by atomic mass is 16.6. The van der Waals surface area contributed by atoms with Gasteiger partial charge >= 0.3 is 6.09 Å². The van der Waals surface area contributed by atoms with Crippen molar-refractivity contribution < 1.29 is 14.3 Å². The van der Waals surface area contributed by atoms with E-state index in [-0.39, 0.29) is 18.6 Å². The topological polar surface area (TPSA) is 46.6 Å². The molecule has 0 saturated carbocycles. The first-order chi connectivity index (χ1) is 9.63. The van der Waals surface area contributed by atoms with E-state index in [0.29, 0.717) is 12.0 Å². The van der Waals surface area contributed by atoms with Crippen molar-refractivity contribution in [1.29, 1.82) is 0 Å². The average molecular weight is 273 g/mol. The molecule has 1 aliphatic rings. The zero-order valence-corrected chi connectivity index (χ0v) is 11.8. The summed E-state index contributed by atoms with van der Waals surface area (Å²) in [5.41, 5.74) is 1.68. The molecule has 1 aromatic rings. The van der Waals surface area contributed by atoms with Crippen LogP contribution in [0.5, 0.6) is 0 Å². The minimum Gasteiger partial charge on any atom is -0.447 e. The minimum absolute atomic E-state index is 0.224. The molecule has 0 radical (unpaired) electrons. The maximum absolute atomic E-state index is 12.3. The summed E-state index contributed by atoms with van der Waals surface area (Å²) in [5, 5.41) is 0. The van der Waals surface area contributed by atoms with Gasteiger partial charge in [0.25, 0.3) is 5.91 Å². The second-order valence-corrected chi connectivity index (χ2v) is 4.89. The number of hydrogen-bond donors (Lipinski definition) is 0. The van der Waals surface area contributed by atoms with E-state index in [2.05, 4.69) is 0 Å². The smallest absolute Gasteiger partial charge is 0.417 e. The van der Waals surface area contributed by atoms with Crippen LogP contribution < -0.4 is 0 Å². The number of nitrogens with zero attached hydrogens (tertiary/aromatic N) is 1. The van der Waals surface area contributed by atoms with Crippen LogP contribution >= 0.6 is 0 Å². The molecule has 1 aliphatic heterocycles. The van der Waals surface area contributed by atoms with Crippen molar-refractivity contribution in [2.45, 2.75) is 32.7 Å². The molecule has 0 N–H and O–H groups in total. The van der Waals surface area contributed by atoms with Gasteiger partial charge in [-0.3, -0.25) is 4.79 Å². The standard InChI is InChI=1S/C16H19NO3/c1-3-7-12(2)15(18)17-14(11-20-16(17)19)10-13-8-5-4-6-9-13/h4-9,14H,3,10-11H2,1-2H3/t14-/m1/s1. The predicted octanol–water partition coefficient (Wildman–Crippen LogP) is 2.93. The Balaban J connectivity index is 2.15. The van der Waals surface area contributed by atoms with E-state index in [0.717, 1.165) is 12.0 Å². The Hall–Kier alpha value is -2.10. The Morgan fingerprint density at radius 1 is 1.40 bits per heavy atom. The zero-order valence-electron chi connectivity index (χ0n) is 11.8. The fourth-order valence-corrected chi connectivity index (χ4v) is 2.33. The summed E-state index contributed by atoms with van der Waals surface area (Å²) in [5.74, 6) is -0.254. The van der Waals surface area contributed by atoms with Crippen molar-refractivity contribution in [3.63, 3.8) is 0 Å². The van der Waals surface area contributed by atoms with Crippen molar-refractivity contribution in [2.75, 3.05) is 6.61 Å². The van der Waals surface area contributed by atoms with Crippen LogP contribution in [0.3, 0.4) is 0 Å². The van der Waals surface area contributed by atoms with Crippen LogP contribution in [-0.2, 0) is 16.0 Å². The van der Waals surface area contributed by atoms with Crippen LogP contribution in [-0.4, -0.2) is 29.5 Å². The van der Waals surface area contributed by atoms with Crippen LogP contribution in [0.2, 0.25) is 0 Å². The van der Waals surface area contributed by atoms with Gasteiger partial charge in [0.15, 0.2) is 0 Å². The molecule has 0 unspecified atom stereocenters. The lowest BCUT2D eigenvalue weighted by molar-refractivity contribution is -0.125. The van der Waals surface area contributed by atoms with Crippen LogP contribution in [0.1, 0.15) is 25.8 Å². The monoisotopic (exact) mass is 273 g/mol. The molecule has 1 heterocycles. The summed E-state index contributed by atoms with van der Waals surface area (Å²) < 4.78 is 5.04. The molecular weight excluding hydrogens is 254 g/mol. The third kappa shape index (κ3) is 3.07. The summed E-state index contributed by atoms with van der Waals surface area (Å²) in [7, 11) is 0. The lowest BCUT2D eigenvalue weighted by Crippen LogP contribution is -2.40. The molecule has 4 nitrogen and oxygen atoms in total. The number of allylic oxidation sites excluding steroid dienone is 1. The van der Waals surface area contributed by atoms with Gasteiger partial charge in [-0.15, -0.1) is 0 Å². The highest BCUT2D eigenvalue weighted by Crippen LogP contribution is 2.19. The van der Waals surface area contributed by atoms with Gasteiger partial charge in [0.2, 0.25) is 0 Å². The number of cyclic esters (lactones) is 1. The van der Waals surface area contributed by atoms with Gasteiger partial charge in [0, 0.05) is 5.57 Å². The predicted molar refractivity (Wildman–Crippen MR) is 76.2 cm³/mol. The fraction of sp³-hybridized carbons (Fsp3) is 0.375. The van der Waals surface area contributed by atoms with Gasteiger partial charge in [-0.25, -0.2) is 9.69 Å². The van der Waals surface area contributed by atoms with E-state index in [1.165, 1.54) is 4.90 Å². The van der Waals surface area contributed by atoms with Gasteiger partial charge in [-0.1, -0.05) is 43.3 Å². The van der Waals surface area contributed by atoms with Crippen molar-refractivity contribution in [1.82, 2.24) is 4.90 Å². The number of rotatable bonds is 4. The van der Waals surface area contributed by atoms with E-state index in [4.69, 9.17) is 4.74 Å². The first kappa shape index (κ1) is 14.3. The molecule has 0 spiro atoms. The van der Waals surface area contributed by atoms with Gasteiger partial charge in [-0.2, -0.15) is 0 Å². The Morgan fingerprint density at radius 2 is 2.10 bits per heavy atom. The Morgan fingerprint density at radius 3 is 2.75 bits per heavy atom. The highest BCUT2D eigenvalue weighted by Gasteiger charge is 2.38. The van der Waals surface area contributed by atoms with E-state index in [9.17, 15) is 9.59 Å². The molecule has 106 valence electrons. The molecular formula is C16H19NO3. The van der Waals surface area contributed by atoms with Crippen LogP contribution in [0.25, 0.3) is 0 Å². The minimum atomic E-state index is -0.542. The summed E-state index contributed by atoms with van der Waals surface area (Å²) in [6.45, 7) is 3.95. The Kier molecular flexibility index (Phi) is 4.56. The number of hydrogen-bond acceptors (Lipinski definition) is 3. The van der Waals surface area contributed by atoms with Gasteiger partial charge in [0.05, 0.1) is 6.04 Å². The van der Waals surface area contributed by atoms with Crippen LogP contribution in [0.15, 0.2) is 42.0 Å². The molecule has 0 aliphatic carbocycles. The lowest BCUT2D eigenvalue weighted by atomic mass is 10.1. The van der Waals surface area contributed by atoms with E-state index >= 15 is 0 Å². The maximum Gasteiger partial charge on any atom is 0.417 e. The third-order valence-corrected chi connectivity index (χ3v) is 3.34. The summed E-state index contributed by atoms with van der Waals surface area (Å²) in [4.78, 5) is 25.3. The quantitative estimate of drug-likeness (QED) is 0.792. The highest BCUT2D eigenvalue weighted by molar-refractivity contribution is 6.03. The molecule has 1 aromatic carbocycles. The molecule has 0 aromatic heterocycles. The van der Waals surface area contributed by atoms with Crippen molar-refractivity contribution in [3.8, 4) is 0 Å². The summed E-state index contributed by atoms with van der Waals surface area (Å²) in [6.07, 6.45) is 2.68. The van der Waals surface area contributed by atoms with Crippen molar-refractivity contribution in [2.24, 2.45) is 0 Å². The number of carbonyl (C=O) groups is 2. The largest absolute Gasteiger partial charge is 0.447 e. The molecule has 1 fully saturated rings. The molecule has 1 atom stereocenters. The maximum atomic E-state index is 12.3.